The van der Waals surface area contributed by atoms with Crippen LogP contribution in [0.15, 0.2) is 115 Å². The molecule has 0 fully saturated rings. The van der Waals surface area contributed by atoms with Gasteiger partial charge in [-0.2, -0.15) is 0 Å². The van der Waals surface area contributed by atoms with Crippen LogP contribution in [-0.4, -0.2) is 17.1 Å². The molecule has 0 N–H and O–H groups in total. The smallest absolute Gasteiger partial charge is 0.355 e. The Bertz CT molecular complexity index is 1860. The topological polar surface area (TPSA) is 40.5 Å². The quantitative estimate of drug-likeness (QED) is 0.167. The van der Waals surface area contributed by atoms with Gasteiger partial charge in [-0.15, -0.1) is 11.3 Å². The van der Waals surface area contributed by atoms with Crippen LogP contribution in [0.25, 0.3) is 32.5 Å². The third kappa shape index (κ3) is 5.99. The summed E-state index contributed by atoms with van der Waals surface area (Å²) < 4.78 is 13.9. The van der Waals surface area contributed by atoms with E-state index in [1.54, 1.807) is 11.3 Å². The van der Waals surface area contributed by atoms with E-state index in [4.69, 9.17) is 9.47 Å². The van der Waals surface area contributed by atoms with Crippen molar-refractivity contribution in [2.75, 3.05) is 6.61 Å². The van der Waals surface area contributed by atoms with Crippen LogP contribution < -0.4 is 4.74 Å². The van der Waals surface area contributed by atoms with E-state index in [1.165, 1.54) is 5.56 Å². The molecule has 0 saturated heterocycles. The van der Waals surface area contributed by atoms with E-state index in [0.29, 0.717) is 18.8 Å². The number of rotatable bonds is 8. The number of benzene rings is 4. The maximum Gasteiger partial charge on any atom is 0.355 e. The molecule has 4 nitrogen and oxygen atoms in total. The Morgan fingerprint density at radius 3 is 2.23 bits per heavy atom. The van der Waals surface area contributed by atoms with Gasteiger partial charge < -0.3 is 14.0 Å². The Kier molecular flexibility index (Phi) is 7.92. The summed E-state index contributed by atoms with van der Waals surface area (Å²) in [6, 6.07) is 37.2. The van der Waals surface area contributed by atoms with Crippen molar-refractivity contribution in [1.29, 1.82) is 0 Å². The second-order valence-electron chi connectivity index (χ2n) is 11.6. The molecule has 0 atom stereocenters. The first-order valence-electron chi connectivity index (χ1n) is 14.6. The fourth-order valence-corrected chi connectivity index (χ4v) is 6.24. The molecule has 5 heteroatoms. The fraction of sp³-hybridized carbons (Fsp3) is 0.184. The van der Waals surface area contributed by atoms with Crippen molar-refractivity contribution in [3.63, 3.8) is 0 Å². The number of esters is 1. The molecule has 0 bridgehead atoms. The van der Waals surface area contributed by atoms with Crippen molar-refractivity contribution in [2.45, 2.75) is 39.7 Å². The number of carbonyl (C=O) groups excluding carboxylic acids is 1. The molecule has 0 aliphatic rings. The molecular weight excluding hydrogens is 550 g/mol. The predicted molar refractivity (Wildman–Crippen MR) is 177 cm³/mol. The maximum absolute atomic E-state index is 13.7. The number of hydrogen-bond acceptors (Lipinski definition) is 4. The lowest BCUT2D eigenvalue weighted by Crippen LogP contribution is -2.14. The van der Waals surface area contributed by atoms with Gasteiger partial charge in [-0.3, -0.25) is 0 Å². The summed E-state index contributed by atoms with van der Waals surface area (Å²) in [6.07, 6.45) is 0. The van der Waals surface area contributed by atoms with Gasteiger partial charge in [-0.05, 0) is 76.4 Å². The Labute approximate surface area is 257 Å². The van der Waals surface area contributed by atoms with E-state index >= 15 is 0 Å². The molecule has 0 amide bonds. The first-order valence-corrected chi connectivity index (χ1v) is 15.5. The van der Waals surface area contributed by atoms with Crippen LogP contribution in [0.1, 0.15) is 49.3 Å². The minimum atomic E-state index is -0.324. The molecule has 6 rings (SSSR count). The summed E-state index contributed by atoms with van der Waals surface area (Å²) in [5.74, 6) is 1.20. The lowest BCUT2D eigenvalue weighted by atomic mass is 9.86. The number of aromatic nitrogens is 1. The second kappa shape index (κ2) is 11.9. The monoisotopic (exact) mass is 585 g/mol. The van der Waals surface area contributed by atoms with Gasteiger partial charge in [0.25, 0.3) is 0 Å². The normalized spacial score (nSPS) is 11.5. The molecule has 2 heterocycles. The van der Waals surface area contributed by atoms with Gasteiger partial charge in [0.2, 0.25) is 0 Å². The molecule has 43 heavy (non-hydrogen) atoms. The first kappa shape index (κ1) is 28.5. The fourth-order valence-electron chi connectivity index (χ4n) is 5.45. The summed E-state index contributed by atoms with van der Waals surface area (Å²) >= 11 is 1.63. The van der Waals surface area contributed by atoms with Crippen LogP contribution in [0, 0.1) is 0 Å². The average Bonchev–Trinajstić information content (AvgIpc) is 3.64. The molecule has 0 aliphatic carbocycles. The van der Waals surface area contributed by atoms with E-state index in [2.05, 4.69) is 79.9 Å². The van der Waals surface area contributed by atoms with Crippen molar-refractivity contribution in [2.24, 2.45) is 0 Å². The van der Waals surface area contributed by atoms with Crippen LogP contribution in [0.2, 0.25) is 0 Å². The standard InChI is InChI=1S/C38H35NO3S/c1-5-41-37(40)36-35(34-15-10-22-43-34)32-21-18-28(27-16-19-29(20-17-27)38(2,3)4)24-33(32)39(36)25-26-11-9-14-31(23-26)42-30-12-7-6-8-13-30/h6-24H,5,25H2,1-4H3. The van der Waals surface area contributed by atoms with Crippen molar-refractivity contribution >= 4 is 28.2 Å². The first-order chi connectivity index (χ1) is 20.8. The number of nitrogens with zero attached hydrogens (tertiary/aromatic N) is 1. The summed E-state index contributed by atoms with van der Waals surface area (Å²) in [7, 11) is 0. The van der Waals surface area contributed by atoms with E-state index in [0.717, 1.165) is 49.5 Å². The second-order valence-corrected chi connectivity index (χ2v) is 12.6. The molecule has 216 valence electrons. The Balaban J connectivity index is 1.50. The molecule has 0 unspecified atom stereocenters. The number of para-hydroxylation sites is 1. The van der Waals surface area contributed by atoms with Crippen molar-refractivity contribution in [3.8, 4) is 33.1 Å². The zero-order chi connectivity index (χ0) is 30.0. The molecule has 0 radical (unpaired) electrons. The highest BCUT2D eigenvalue weighted by atomic mass is 32.1. The minimum Gasteiger partial charge on any atom is -0.461 e. The van der Waals surface area contributed by atoms with Gasteiger partial charge in [0.05, 0.1) is 12.1 Å². The highest BCUT2D eigenvalue weighted by molar-refractivity contribution is 7.13. The van der Waals surface area contributed by atoms with Crippen LogP contribution in [-0.2, 0) is 16.7 Å². The van der Waals surface area contributed by atoms with Gasteiger partial charge in [-0.1, -0.05) is 93.6 Å². The van der Waals surface area contributed by atoms with Crippen molar-refractivity contribution < 1.29 is 14.3 Å². The van der Waals surface area contributed by atoms with E-state index in [1.807, 2.05) is 66.9 Å². The maximum atomic E-state index is 13.7. The molecule has 0 aliphatic heterocycles. The summed E-state index contributed by atoms with van der Waals surface area (Å²) in [4.78, 5) is 14.7. The number of hydrogen-bond donors (Lipinski definition) is 0. The summed E-state index contributed by atoms with van der Waals surface area (Å²) in [5, 5.41) is 3.07. The average molecular weight is 586 g/mol. The van der Waals surface area contributed by atoms with Gasteiger partial charge in [0, 0.05) is 22.4 Å². The van der Waals surface area contributed by atoms with Crippen molar-refractivity contribution in [3.05, 3.63) is 131 Å². The third-order valence-electron chi connectivity index (χ3n) is 7.60. The Morgan fingerprint density at radius 1 is 0.791 bits per heavy atom. The lowest BCUT2D eigenvalue weighted by Gasteiger charge is -2.19. The zero-order valence-corrected chi connectivity index (χ0v) is 25.8. The summed E-state index contributed by atoms with van der Waals surface area (Å²) in [6.45, 7) is 9.31. The zero-order valence-electron chi connectivity index (χ0n) is 25.0. The van der Waals surface area contributed by atoms with Crippen LogP contribution in [0.5, 0.6) is 11.5 Å². The molecule has 4 aromatic carbocycles. The predicted octanol–water partition coefficient (Wildman–Crippen LogP) is 10.4. The van der Waals surface area contributed by atoms with Gasteiger partial charge >= 0.3 is 5.97 Å². The Morgan fingerprint density at radius 2 is 1.53 bits per heavy atom. The van der Waals surface area contributed by atoms with Crippen molar-refractivity contribution in [1.82, 2.24) is 4.57 Å². The molecule has 0 saturated carbocycles. The molecule has 6 aromatic rings. The Hall–Kier alpha value is -4.61. The third-order valence-corrected chi connectivity index (χ3v) is 8.49. The highest BCUT2D eigenvalue weighted by Gasteiger charge is 2.26. The van der Waals surface area contributed by atoms with E-state index in [9.17, 15) is 4.79 Å². The summed E-state index contributed by atoms with van der Waals surface area (Å²) in [5.41, 5.74) is 7.09. The van der Waals surface area contributed by atoms with Crippen LogP contribution >= 0.6 is 11.3 Å². The van der Waals surface area contributed by atoms with E-state index < -0.39 is 0 Å². The number of fused-ring (bicyclic) bond motifs is 1. The molecular formula is C38H35NO3S. The largest absolute Gasteiger partial charge is 0.461 e. The highest BCUT2D eigenvalue weighted by Crippen LogP contribution is 2.40. The van der Waals surface area contributed by atoms with Gasteiger partial charge in [0.1, 0.15) is 17.2 Å². The minimum absolute atomic E-state index is 0.0834. The SMILES string of the molecule is CCOC(=O)c1c(-c2cccs2)c2ccc(-c3ccc(C(C)(C)C)cc3)cc2n1Cc1cccc(Oc2ccccc2)c1. The number of carbonyl (C=O) groups is 1. The van der Waals surface area contributed by atoms with E-state index in [-0.39, 0.29) is 11.4 Å². The van der Waals surface area contributed by atoms with Crippen LogP contribution in [0.3, 0.4) is 0 Å². The molecule has 2 aromatic heterocycles. The van der Waals surface area contributed by atoms with Gasteiger partial charge in [0.15, 0.2) is 0 Å². The van der Waals surface area contributed by atoms with Gasteiger partial charge in [-0.25, -0.2) is 4.79 Å². The molecule has 0 spiro atoms. The van der Waals surface area contributed by atoms with Crippen LogP contribution in [0.4, 0.5) is 0 Å². The lowest BCUT2D eigenvalue weighted by molar-refractivity contribution is 0.0516. The number of ether oxygens (including phenoxy) is 2. The number of thiophene rings is 1.